The quantitative estimate of drug-likeness (QED) is 0.0195. The predicted octanol–water partition coefficient (Wildman–Crippen LogP) is 19.8. The molecule has 0 heterocycles. The van der Waals surface area contributed by atoms with Gasteiger partial charge in [0.1, 0.15) is 13.2 Å². The van der Waals surface area contributed by atoms with Gasteiger partial charge in [-0.15, -0.1) is 0 Å². The summed E-state index contributed by atoms with van der Waals surface area (Å²) in [7, 11) is 5.91. The van der Waals surface area contributed by atoms with Gasteiger partial charge >= 0.3 is 11.9 Å². The minimum atomic E-state index is -1.64. The first kappa shape index (κ1) is 80.2. The largest absolute Gasteiger partial charge is 0.545 e. The van der Waals surface area contributed by atoms with E-state index in [0.29, 0.717) is 17.4 Å². The van der Waals surface area contributed by atoms with E-state index in [0.717, 1.165) is 128 Å². The molecule has 2 atom stereocenters. The Morgan fingerprint density at radius 1 is 0.365 bits per heavy atom. The molecule has 2 unspecified atom stereocenters. The highest BCUT2D eigenvalue weighted by Gasteiger charge is 2.22. The van der Waals surface area contributed by atoms with Crippen molar-refractivity contribution in [2.75, 3.05) is 47.5 Å². The van der Waals surface area contributed by atoms with Crippen molar-refractivity contribution in [3.8, 4) is 0 Å². The van der Waals surface area contributed by atoms with Crippen molar-refractivity contribution in [3.63, 3.8) is 0 Å². The third-order valence-electron chi connectivity index (χ3n) is 14.1. The zero-order valence-electron chi connectivity index (χ0n) is 54.9. The summed E-state index contributed by atoms with van der Waals surface area (Å²) in [6.45, 7) is 4.60. The number of allylic oxidation sites excluding steroid dienone is 24. The second-order valence-electron chi connectivity index (χ2n) is 23.4. The Bertz CT molecular complexity index is 1900. The normalized spacial score (nSPS) is 13.7. The number of rotatable bonds is 61. The Balaban J connectivity index is 4.24. The van der Waals surface area contributed by atoms with Crippen LogP contribution in [-0.4, -0.2) is 82.3 Å². The third kappa shape index (κ3) is 66.5. The van der Waals surface area contributed by atoms with E-state index in [9.17, 15) is 19.5 Å². The van der Waals surface area contributed by atoms with E-state index >= 15 is 0 Å². The third-order valence-corrected chi connectivity index (χ3v) is 14.1. The molecule has 0 fully saturated rings. The van der Waals surface area contributed by atoms with Crippen molar-refractivity contribution in [2.24, 2.45) is 0 Å². The lowest BCUT2D eigenvalue weighted by Crippen LogP contribution is -2.44. The lowest BCUT2D eigenvalue weighted by Gasteiger charge is -2.26. The van der Waals surface area contributed by atoms with Crippen molar-refractivity contribution >= 4 is 17.9 Å². The van der Waals surface area contributed by atoms with E-state index in [1.807, 2.05) is 21.1 Å². The van der Waals surface area contributed by atoms with Gasteiger partial charge in [-0.1, -0.05) is 269 Å². The molecular formula is C76H125NO8. The number of carbonyl (C=O) groups is 3. The molecule has 0 aromatic carbocycles. The number of carbonyl (C=O) groups excluding carboxylic acids is 3. The van der Waals surface area contributed by atoms with Crippen molar-refractivity contribution in [3.05, 3.63) is 146 Å². The molecule has 0 spiro atoms. The van der Waals surface area contributed by atoms with Gasteiger partial charge in [-0.05, 0) is 122 Å². The number of carboxylic acid groups (broad SMARTS) is 1. The van der Waals surface area contributed by atoms with Crippen LogP contribution in [0.5, 0.6) is 0 Å². The summed E-state index contributed by atoms with van der Waals surface area (Å²) in [5, 5.41) is 11.8. The average Bonchev–Trinajstić information content (AvgIpc) is 3.48. The van der Waals surface area contributed by atoms with Gasteiger partial charge in [-0.25, -0.2) is 0 Å². The smallest absolute Gasteiger partial charge is 0.306 e. The van der Waals surface area contributed by atoms with Gasteiger partial charge in [-0.2, -0.15) is 0 Å². The zero-order valence-corrected chi connectivity index (χ0v) is 54.9. The standard InChI is InChI=1S/C76H125NO8/c1-6-8-10-12-14-16-18-20-22-24-26-28-30-32-33-34-35-36-37-38-39-40-41-43-45-47-49-51-53-55-57-59-61-63-65-67-74(79)85-72(71-84-76(75(80)81)82-69-68-77(3,4)5)70-83-73(78)66-64-62-60-58-56-54-52-50-48-46-44-42-31-29-27-25-23-21-19-17-15-13-11-9-7-2/h8,10,14,16,19-22,25-28,31-33,35-36,38-39,41-43,47,49,72,76H,6-7,9,11-13,15,17-18,23-24,29-30,34,37,40,44-46,48,50-71H2,1-5H3/b10-8-,16-14-,21-19-,22-20-,27-25-,28-26-,33-32-,36-35-,39-38-,42-31-,43-41-,49-47-. The summed E-state index contributed by atoms with van der Waals surface area (Å²) in [5.41, 5.74) is 0. The fraction of sp³-hybridized carbons (Fsp3) is 0.645. The first-order valence-corrected chi connectivity index (χ1v) is 34.0. The summed E-state index contributed by atoms with van der Waals surface area (Å²) >= 11 is 0. The van der Waals surface area contributed by atoms with Gasteiger partial charge < -0.3 is 33.3 Å². The molecule has 0 aromatic heterocycles. The van der Waals surface area contributed by atoms with Crippen molar-refractivity contribution < 1.29 is 42.9 Å². The minimum Gasteiger partial charge on any atom is -0.545 e. The monoisotopic (exact) mass is 1180 g/mol. The summed E-state index contributed by atoms with van der Waals surface area (Å²) in [4.78, 5) is 37.5. The summed E-state index contributed by atoms with van der Waals surface area (Å²) in [6, 6.07) is 0. The molecule has 0 aliphatic carbocycles. The summed E-state index contributed by atoms with van der Waals surface area (Å²) in [5.74, 6) is -2.31. The van der Waals surface area contributed by atoms with E-state index in [4.69, 9.17) is 18.9 Å². The van der Waals surface area contributed by atoms with Crippen LogP contribution in [0.15, 0.2) is 146 Å². The molecule has 0 saturated carbocycles. The van der Waals surface area contributed by atoms with Gasteiger partial charge in [0.2, 0.25) is 0 Å². The van der Waals surface area contributed by atoms with Gasteiger partial charge in [0.05, 0.1) is 40.3 Å². The first-order chi connectivity index (χ1) is 41.6. The first-order valence-electron chi connectivity index (χ1n) is 34.0. The number of hydrogen-bond acceptors (Lipinski definition) is 8. The van der Waals surface area contributed by atoms with Crippen LogP contribution in [0, 0.1) is 0 Å². The SMILES string of the molecule is CC/C=C\C/C=C\C/C=C\C/C=C\C/C=C\C/C=C\C/C=C\C/C=C\C/C=C\CCCCCCCCCC(=O)OC(COC(=O)CCCCCCCCCCCC/C=C\C/C=C\C/C=C\CCCCCCC)COC(OCC[N+](C)(C)C)C(=O)[O-]. The lowest BCUT2D eigenvalue weighted by molar-refractivity contribution is -0.870. The van der Waals surface area contributed by atoms with Crippen LogP contribution in [0.2, 0.25) is 0 Å². The number of esters is 2. The molecular weight excluding hydrogens is 1050 g/mol. The van der Waals surface area contributed by atoms with E-state index in [2.05, 4.69) is 160 Å². The summed E-state index contributed by atoms with van der Waals surface area (Å²) in [6.07, 6.45) is 91.9. The van der Waals surface area contributed by atoms with Crippen LogP contribution in [-0.2, 0) is 33.3 Å². The molecule has 9 nitrogen and oxygen atoms in total. The topological polar surface area (TPSA) is 111 Å². The fourth-order valence-electron chi connectivity index (χ4n) is 8.89. The van der Waals surface area contributed by atoms with E-state index < -0.39 is 24.3 Å². The zero-order chi connectivity index (χ0) is 61.9. The molecule has 0 amide bonds. The van der Waals surface area contributed by atoms with Crippen LogP contribution in [0.25, 0.3) is 0 Å². The predicted molar refractivity (Wildman–Crippen MR) is 361 cm³/mol. The highest BCUT2D eigenvalue weighted by Crippen LogP contribution is 2.15. The van der Waals surface area contributed by atoms with E-state index in [-0.39, 0.29) is 38.6 Å². The average molecular weight is 1180 g/mol. The highest BCUT2D eigenvalue weighted by atomic mass is 16.7. The fourth-order valence-corrected chi connectivity index (χ4v) is 8.89. The molecule has 9 heteroatoms. The van der Waals surface area contributed by atoms with Crippen molar-refractivity contribution in [1.82, 2.24) is 0 Å². The Hall–Kier alpha value is -4.83. The highest BCUT2D eigenvalue weighted by molar-refractivity contribution is 5.70. The lowest BCUT2D eigenvalue weighted by atomic mass is 10.1. The van der Waals surface area contributed by atoms with Gasteiger partial charge in [0, 0.05) is 12.8 Å². The second-order valence-corrected chi connectivity index (χ2v) is 23.4. The summed E-state index contributed by atoms with van der Waals surface area (Å²) < 4.78 is 22.8. The Morgan fingerprint density at radius 3 is 1.00 bits per heavy atom. The van der Waals surface area contributed by atoms with Crippen LogP contribution in [0.1, 0.15) is 258 Å². The molecule has 0 aromatic rings. The Labute approximate surface area is 522 Å². The molecule has 85 heavy (non-hydrogen) atoms. The number of ether oxygens (including phenoxy) is 4. The van der Waals surface area contributed by atoms with Crippen LogP contribution < -0.4 is 5.11 Å². The number of likely N-dealkylation sites (N-methyl/N-ethyl adjacent to an activating group) is 1. The van der Waals surface area contributed by atoms with Crippen molar-refractivity contribution in [1.29, 1.82) is 0 Å². The number of aliphatic carboxylic acids is 1. The second kappa shape index (κ2) is 65.2. The number of nitrogens with zero attached hydrogens (tertiary/aromatic N) is 1. The van der Waals surface area contributed by atoms with Gasteiger partial charge in [0.25, 0.3) is 0 Å². The molecule has 0 rings (SSSR count). The van der Waals surface area contributed by atoms with Crippen molar-refractivity contribution in [2.45, 2.75) is 270 Å². The maximum atomic E-state index is 12.9. The number of carboxylic acids is 1. The number of quaternary nitrogens is 1. The maximum absolute atomic E-state index is 12.9. The van der Waals surface area contributed by atoms with Gasteiger partial charge in [-0.3, -0.25) is 9.59 Å². The number of hydrogen-bond donors (Lipinski definition) is 0. The molecule has 0 saturated heterocycles. The molecule has 482 valence electrons. The Kier molecular flexibility index (Phi) is 61.4. The molecule has 0 bridgehead atoms. The van der Waals surface area contributed by atoms with Crippen LogP contribution in [0.3, 0.4) is 0 Å². The van der Waals surface area contributed by atoms with E-state index in [1.54, 1.807) is 0 Å². The van der Waals surface area contributed by atoms with Gasteiger partial charge in [0.15, 0.2) is 12.4 Å². The molecule has 0 N–H and O–H groups in total. The maximum Gasteiger partial charge on any atom is 0.306 e. The minimum absolute atomic E-state index is 0.137. The molecule has 0 aliphatic heterocycles. The molecule has 0 radical (unpaired) electrons. The number of unbranched alkanes of at least 4 members (excludes halogenated alkanes) is 22. The van der Waals surface area contributed by atoms with Crippen LogP contribution in [0.4, 0.5) is 0 Å². The van der Waals surface area contributed by atoms with Crippen LogP contribution >= 0.6 is 0 Å². The molecule has 0 aliphatic rings. The Morgan fingerprint density at radius 2 is 0.671 bits per heavy atom. The van der Waals surface area contributed by atoms with E-state index in [1.165, 1.54) is 96.3 Å².